The van der Waals surface area contributed by atoms with E-state index < -0.39 is 0 Å². The first-order valence-electron chi connectivity index (χ1n) is 7.79. The molecule has 2 heteroatoms. The van der Waals surface area contributed by atoms with Gasteiger partial charge in [0.05, 0.1) is 6.61 Å². The van der Waals surface area contributed by atoms with Crippen molar-refractivity contribution >= 4 is 0 Å². The number of nitrogens with one attached hydrogen (secondary N) is 1. The lowest BCUT2D eigenvalue weighted by molar-refractivity contribution is 0.314. The standard InChI is InChI=1S/C17H25NO/c1-13-9-15(10-14-5-4-7-18-12-14)11-16-6-2-3-8-19-17(13)16/h9,11,14,18H,2-8,10,12H2,1H3. The van der Waals surface area contributed by atoms with Crippen LogP contribution in [0.15, 0.2) is 12.1 Å². The van der Waals surface area contributed by atoms with Crippen LogP contribution in [0.2, 0.25) is 0 Å². The van der Waals surface area contributed by atoms with Crippen LogP contribution < -0.4 is 10.1 Å². The quantitative estimate of drug-likeness (QED) is 0.880. The number of benzene rings is 1. The van der Waals surface area contributed by atoms with Crippen LogP contribution in [0.25, 0.3) is 0 Å². The number of ether oxygens (including phenoxy) is 1. The lowest BCUT2D eigenvalue weighted by atomic mass is 9.90. The van der Waals surface area contributed by atoms with Crippen LogP contribution in [0.5, 0.6) is 5.75 Å². The van der Waals surface area contributed by atoms with Crippen molar-refractivity contribution in [2.45, 2.75) is 45.4 Å². The SMILES string of the molecule is Cc1cc(CC2CCCNC2)cc2c1OCCCC2. The Bertz CT molecular complexity index is 435. The van der Waals surface area contributed by atoms with E-state index in [0.29, 0.717) is 0 Å². The molecule has 3 rings (SSSR count). The third-order valence-corrected chi connectivity index (χ3v) is 4.42. The molecule has 0 amide bonds. The van der Waals surface area contributed by atoms with Crippen molar-refractivity contribution in [2.75, 3.05) is 19.7 Å². The first-order chi connectivity index (χ1) is 9.33. The normalized spacial score (nSPS) is 23.3. The minimum atomic E-state index is 0.817. The molecule has 1 N–H and O–H groups in total. The summed E-state index contributed by atoms with van der Waals surface area (Å²) in [6.07, 6.45) is 7.57. The van der Waals surface area contributed by atoms with Crippen LogP contribution in [0.1, 0.15) is 42.4 Å². The average Bonchev–Trinajstić information content (AvgIpc) is 2.65. The van der Waals surface area contributed by atoms with E-state index in [-0.39, 0.29) is 0 Å². The molecule has 2 heterocycles. The van der Waals surface area contributed by atoms with Gasteiger partial charge in [-0.05, 0) is 81.1 Å². The summed E-state index contributed by atoms with van der Waals surface area (Å²) < 4.78 is 5.91. The first-order valence-corrected chi connectivity index (χ1v) is 7.79. The highest BCUT2D eigenvalue weighted by Crippen LogP contribution is 2.30. The van der Waals surface area contributed by atoms with Crippen molar-refractivity contribution in [1.82, 2.24) is 5.32 Å². The molecule has 0 saturated carbocycles. The molecule has 0 aromatic heterocycles. The monoisotopic (exact) mass is 259 g/mol. The van der Waals surface area contributed by atoms with E-state index in [1.54, 1.807) is 0 Å². The van der Waals surface area contributed by atoms with Gasteiger partial charge >= 0.3 is 0 Å². The van der Waals surface area contributed by atoms with Gasteiger partial charge in [0.25, 0.3) is 0 Å². The average molecular weight is 259 g/mol. The van der Waals surface area contributed by atoms with Gasteiger partial charge in [0.2, 0.25) is 0 Å². The summed E-state index contributed by atoms with van der Waals surface area (Å²) >= 11 is 0. The van der Waals surface area contributed by atoms with Gasteiger partial charge in [0.1, 0.15) is 5.75 Å². The molecule has 1 atom stereocenters. The van der Waals surface area contributed by atoms with Gasteiger partial charge in [-0.15, -0.1) is 0 Å². The zero-order valence-corrected chi connectivity index (χ0v) is 12.0. The summed E-state index contributed by atoms with van der Waals surface area (Å²) in [6.45, 7) is 5.48. The first kappa shape index (κ1) is 13.0. The smallest absolute Gasteiger partial charge is 0.125 e. The van der Waals surface area contributed by atoms with Crippen molar-refractivity contribution in [2.24, 2.45) is 5.92 Å². The molecule has 2 aliphatic heterocycles. The zero-order valence-electron chi connectivity index (χ0n) is 12.0. The highest BCUT2D eigenvalue weighted by atomic mass is 16.5. The summed E-state index contributed by atoms with van der Waals surface area (Å²) in [5, 5.41) is 3.52. The van der Waals surface area contributed by atoms with Crippen molar-refractivity contribution < 1.29 is 4.74 Å². The summed E-state index contributed by atoms with van der Waals surface area (Å²) in [5.41, 5.74) is 4.28. The van der Waals surface area contributed by atoms with E-state index in [0.717, 1.165) is 12.5 Å². The molecule has 2 nitrogen and oxygen atoms in total. The van der Waals surface area contributed by atoms with E-state index in [1.807, 2.05) is 0 Å². The van der Waals surface area contributed by atoms with E-state index in [9.17, 15) is 0 Å². The molecule has 0 spiro atoms. The van der Waals surface area contributed by atoms with Crippen molar-refractivity contribution in [1.29, 1.82) is 0 Å². The third kappa shape index (κ3) is 3.11. The van der Waals surface area contributed by atoms with Gasteiger partial charge in [-0.25, -0.2) is 0 Å². The Kier molecular flexibility index (Phi) is 4.07. The number of aryl methyl sites for hydroxylation is 2. The second kappa shape index (κ2) is 5.96. The topological polar surface area (TPSA) is 21.3 Å². The fraction of sp³-hybridized carbons (Fsp3) is 0.647. The van der Waals surface area contributed by atoms with E-state index in [2.05, 4.69) is 24.4 Å². The Morgan fingerprint density at radius 3 is 3.05 bits per heavy atom. The molecular weight excluding hydrogens is 234 g/mol. The molecule has 0 radical (unpaired) electrons. The van der Waals surface area contributed by atoms with Gasteiger partial charge in [-0.2, -0.15) is 0 Å². The van der Waals surface area contributed by atoms with E-state index in [4.69, 9.17) is 4.74 Å². The summed E-state index contributed by atoms with van der Waals surface area (Å²) in [7, 11) is 0. The number of rotatable bonds is 2. The molecule has 2 aliphatic rings. The van der Waals surface area contributed by atoms with Crippen LogP contribution >= 0.6 is 0 Å². The Morgan fingerprint density at radius 1 is 1.26 bits per heavy atom. The van der Waals surface area contributed by atoms with Crippen LogP contribution in [-0.2, 0) is 12.8 Å². The Hall–Kier alpha value is -1.02. The second-order valence-corrected chi connectivity index (χ2v) is 6.12. The third-order valence-electron chi connectivity index (χ3n) is 4.42. The molecule has 1 aromatic rings. The molecule has 104 valence electrons. The number of piperidine rings is 1. The van der Waals surface area contributed by atoms with Crippen LogP contribution in [0, 0.1) is 12.8 Å². The van der Waals surface area contributed by atoms with Crippen LogP contribution in [-0.4, -0.2) is 19.7 Å². The zero-order chi connectivity index (χ0) is 13.1. The molecule has 1 saturated heterocycles. The van der Waals surface area contributed by atoms with Crippen LogP contribution in [0.4, 0.5) is 0 Å². The van der Waals surface area contributed by atoms with E-state index >= 15 is 0 Å². The highest BCUT2D eigenvalue weighted by molar-refractivity contribution is 5.44. The predicted octanol–water partition coefficient (Wildman–Crippen LogP) is 3.25. The summed E-state index contributed by atoms with van der Waals surface area (Å²) in [6, 6.07) is 4.75. The predicted molar refractivity (Wildman–Crippen MR) is 78.9 cm³/mol. The lowest BCUT2D eigenvalue weighted by Crippen LogP contribution is -2.30. The molecule has 1 unspecified atom stereocenters. The Balaban J connectivity index is 1.78. The van der Waals surface area contributed by atoms with Crippen LogP contribution in [0.3, 0.4) is 0 Å². The number of hydrogen-bond donors (Lipinski definition) is 1. The second-order valence-electron chi connectivity index (χ2n) is 6.12. The van der Waals surface area contributed by atoms with Gasteiger partial charge in [0, 0.05) is 0 Å². The maximum absolute atomic E-state index is 5.91. The fourth-order valence-corrected chi connectivity index (χ4v) is 3.46. The minimum absolute atomic E-state index is 0.817. The molecule has 1 fully saturated rings. The molecular formula is C17H25NO. The van der Waals surface area contributed by atoms with Crippen molar-refractivity contribution in [3.8, 4) is 5.75 Å². The minimum Gasteiger partial charge on any atom is -0.493 e. The molecule has 0 aliphatic carbocycles. The fourth-order valence-electron chi connectivity index (χ4n) is 3.46. The highest BCUT2D eigenvalue weighted by Gasteiger charge is 2.17. The largest absolute Gasteiger partial charge is 0.493 e. The molecule has 1 aromatic carbocycles. The number of fused-ring (bicyclic) bond motifs is 1. The van der Waals surface area contributed by atoms with E-state index in [1.165, 1.54) is 74.1 Å². The molecule has 0 bridgehead atoms. The maximum atomic E-state index is 5.91. The van der Waals surface area contributed by atoms with Crippen molar-refractivity contribution in [3.05, 3.63) is 28.8 Å². The molecule has 19 heavy (non-hydrogen) atoms. The number of hydrogen-bond acceptors (Lipinski definition) is 2. The summed E-state index contributed by atoms with van der Waals surface area (Å²) in [4.78, 5) is 0. The Morgan fingerprint density at radius 2 is 2.21 bits per heavy atom. The lowest BCUT2D eigenvalue weighted by Gasteiger charge is -2.23. The Labute approximate surface area is 116 Å². The van der Waals surface area contributed by atoms with Gasteiger partial charge in [-0.3, -0.25) is 0 Å². The summed E-state index contributed by atoms with van der Waals surface area (Å²) in [5.74, 6) is 1.99. The van der Waals surface area contributed by atoms with Crippen molar-refractivity contribution in [3.63, 3.8) is 0 Å². The van der Waals surface area contributed by atoms with Gasteiger partial charge < -0.3 is 10.1 Å². The van der Waals surface area contributed by atoms with Gasteiger partial charge in [0.15, 0.2) is 0 Å². The van der Waals surface area contributed by atoms with Gasteiger partial charge in [-0.1, -0.05) is 12.1 Å². The maximum Gasteiger partial charge on any atom is 0.125 e.